The van der Waals surface area contributed by atoms with Crippen molar-refractivity contribution < 1.29 is 14.3 Å². The maximum absolute atomic E-state index is 11.9. The molecule has 1 rings (SSSR count). The van der Waals surface area contributed by atoms with Gasteiger partial charge in [0.15, 0.2) is 0 Å². The van der Waals surface area contributed by atoms with Gasteiger partial charge in [0.2, 0.25) is 0 Å². The SMILES string of the molecule is COCCNC(=O)c1ccc(OCCCCCCCCCCCCCCCC(C)C)cc1. The van der Waals surface area contributed by atoms with Crippen LogP contribution in [0.1, 0.15) is 114 Å². The van der Waals surface area contributed by atoms with Gasteiger partial charge >= 0.3 is 0 Å². The van der Waals surface area contributed by atoms with Gasteiger partial charge in [-0.3, -0.25) is 4.79 Å². The standard InChI is InChI=1S/C28H49NO3/c1-25(2)17-15-13-11-9-7-5-4-6-8-10-12-14-16-23-32-27-20-18-26(19-21-27)28(30)29-22-24-31-3/h18-21,25H,4-17,22-24H2,1-3H3,(H,29,30). The molecule has 0 saturated carbocycles. The topological polar surface area (TPSA) is 47.6 Å². The monoisotopic (exact) mass is 447 g/mol. The molecule has 0 fully saturated rings. The highest BCUT2D eigenvalue weighted by Crippen LogP contribution is 2.15. The molecule has 0 aliphatic heterocycles. The van der Waals surface area contributed by atoms with Crippen molar-refractivity contribution in [3.8, 4) is 5.75 Å². The Hall–Kier alpha value is -1.55. The number of ether oxygens (including phenoxy) is 2. The number of nitrogens with one attached hydrogen (secondary N) is 1. The lowest BCUT2D eigenvalue weighted by molar-refractivity contribution is 0.0937. The molecule has 0 heterocycles. The molecule has 0 spiro atoms. The van der Waals surface area contributed by atoms with Crippen LogP contribution in [0, 0.1) is 5.92 Å². The molecular formula is C28H49NO3. The molecule has 0 aromatic heterocycles. The van der Waals surface area contributed by atoms with Crippen molar-refractivity contribution >= 4 is 5.91 Å². The molecule has 0 unspecified atom stereocenters. The molecule has 0 atom stereocenters. The first kappa shape index (κ1) is 28.5. The van der Waals surface area contributed by atoms with Crippen LogP contribution in [0.15, 0.2) is 24.3 Å². The average Bonchev–Trinajstić information content (AvgIpc) is 2.79. The molecule has 0 radical (unpaired) electrons. The highest BCUT2D eigenvalue weighted by Gasteiger charge is 2.04. The summed E-state index contributed by atoms with van der Waals surface area (Å²) >= 11 is 0. The zero-order valence-corrected chi connectivity index (χ0v) is 21.1. The van der Waals surface area contributed by atoms with Crippen molar-refractivity contribution in [3.05, 3.63) is 29.8 Å². The Morgan fingerprint density at radius 1 is 0.750 bits per heavy atom. The van der Waals surface area contributed by atoms with Crippen LogP contribution < -0.4 is 10.1 Å². The third kappa shape index (κ3) is 16.1. The van der Waals surface area contributed by atoms with Crippen LogP contribution in [0.25, 0.3) is 0 Å². The second-order valence-corrected chi connectivity index (χ2v) is 9.40. The lowest BCUT2D eigenvalue weighted by atomic mass is 10.0. The summed E-state index contributed by atoms with van der Waals surface area (Å²) in [5.74, 6) is 1.62. The summed E-state index contributed by atoms with van der Waals surface area (Å²) in [6.07, 6.45) is 19.1. The predicted octanol–water partition coefficient (Wildman–Crippen LogP) is 7.56. The highest BCUT2D eigenvalue weighted by atomic mass is 16.5. The van der Waals surface area contributed by atoms with Gasteiger partial charge in [0.25, 0.3) is 5.91 Å². The molecule has 0 bridgehead atoms. The van der Waals surface area contributed by atoms with Crippen LogP contribution in [-0.4, -0.2) is 32.8 Å². The van der Waals surface area contributed by atoms with Gasteiger partial charge < -0.3 is 14.8 Å². The van der Waals surface area contributed by atoms with Crippen molar-refractivity contribution in [3.63, 3.8) is 0 Å². The molecule has 0 saturated heterocycles. The van der Waals surface area contributed by atoms with Crippen molar-refractivity contribution in [2.75, 3.05) is 26.9 Å². The molecule has 4 heteroatoms. The van der Waals surface area contributed by atoms with E-state index in [4.69, 9.17) is 9.47 Å². The molecule has 1 aromatic rings. The van der Waals surface area contributed by atoms with Gasteiger partial charge in [-0.2, -0.15) is 0 Å². The molecular weight excluding hydrogens is 398 g/mol. The molecule has 0 aliphatic rings. The third-order valence-corrected chi connectivity index (χ3v) is 5.90. The molecule has 184 valence electrons. The Labute approximate surface area is 197 Å². The van der Waals surface area contributed by atoms with E-state index in [0.717, 1.165) is 24.7 Å². The second kappa shape index (κ2) is 20.1. The zero-order valence-electron chi connectivity index (χ0n) is 21.1. The quantitative estimate of drug-likeness (QED) is 0.198. The van der Waals surface area contributed by atoms with Gasteiger partial charge in [-0.05, 0) is 36.6 Å². The summed E-state index contributed by atoms with van der Waals surface area (Å²) in [5.41, 5.74) is 0.648. The number of rotatable bonds is 21. The normalized spacial score (nSPS) is 11.1. The summed E-state index contributed by atoms with van der Waals surface area (Å²) < 4.78 is 10.7. The Bertz CT molecular complexity index is 556. The lowest BCUT2D eigenvalue weighted by Crippen LogP contribution is -2.26. The fraction of sp³-hybridized carbons (Fsp3) is 0.750. The molecule has 4 nitrogen and oxygen atoms in total. The summed E-state index contributed by atoms with van der Waals surface area (Å²) in [4.78, 5) is 11.9. The summed E-state index contributed by atoms with van der Waals surface area (Å²) in [7, 11) is 1.62. The highest BCUT2D eigenvalue weighted by molar-refractivity contribution is 5.94. The third-order valence-electron chi connectivity index (χ3n) is 5.90. The van der Waals surface area contributed by atoms with E-state index in [1.165, 1.54) is 83.5 Å². The molecule has 32 heavy (non-hydrogen) atoms. The van der Waals surface area contributed by atoms with Crippen LogP contribution in [0.4, 0.5) is 0 Å². The summed E-state index contributed by atoms with van der Waals surface area (Å²) in [5, 5.41) is 2.82. The Balaban J connectivity index is 1.88. The van der Waals surface area contributed by atoms with Gasteiger partial charge in [-0.25, -0.2) is 0 Å². The Kier molecular flexibility index (Phi) is 17.9. The fourth-order valence-corrected chi connectivity index (χ4v) is 3.86. The molecule has 1 aromatic carbocycles. The first-order chi connectivity index (χ1) is 15.6. The van der Waals surface area contributed by atoms with Gasteiger partial charge in [0.05, 0.1) is 13.2 Å². The van der Waals surface area contributed by atoms with Crippen LogP contribution >= 0.6 is 0 Å². The van der Waals surface area contributed by atoms with E-state index in [0.29, 0.717) is 18.7 Å². The number of amides is 1. The van der Waals surface area contributed by atoms with Crippen molar-refractivity contribution in [2.24, 2.45) is 5.92 Å². The lowest BCUT2D eigenvalue weighted by Gasteiger charge is -2.08. The summed E-state index contributed by atoms with van der Waals surface area (Å²) in [6, 6.07) is 7.36. The number of methoxy groups -OCH3 is 1. The van der Waals surface area contributed by atoms with Crippen LogP contribution in [0.5, 0.6) is 5.75 Å². The van der Waals surface area contributed by atoms with E-state index in [-0.39, 0.29) is 5.91 Å². The largest absolute Gasteiger partial charge is 0.494 e. The molecule has 1 amide bonds. The fourth-order valence-electron chi connectivity index (χ4n) is 3.86. The van der Waals surface area contributed by atoms with Crippen molar-refractivity contribution in [2.45, 2.75) is 104 Å². The van der Waals surface area contributed by atoms with Gasteiger partial charge in [0.1, 0.15) is 5.75 Å². The number of carbonyl (C=O) groups excluding carboxylic acids is 1. The zero-order chi connectivity index (χ0) is 23.3. The van der Waals surface area contributed by atoms with Gasteiger partial charge in [-0.1, -0.05) is 97.3 Å². The number of hydrogen-bond acceptors (Lipinski definition) is 3. The van der Waals surface area contributed by atoms with Crippen molar-refractivity contribution in [1.29, 1.82) is 0 Å². The van der Waals surface area contributed by atoms with Crippen molar-refractivity contribution in [1.82, 2.24) is 5.32 Å². The van der Waals surface area contributed by atoms with Crippen LogP contribution in [0.3, 0.4) is 0 Å². The van der Waals surface area contributed by atoms with Crippen LogP contribution in [0.2, 0.25) is 0 Å². The van der Waals surface area contributed by atoms with E-state index < -0.39 is 0 Å². The predicted molar refractivity (Wildman–Crippen MR) is 136 cm³/mol. The smallest absolute Gasteiger partial charge is 0.251 e. The van der Waals surface area contributed by atoms with Gasteiger partial charge in [0, 0.05) is 19.2 Å². The van der Waals surface area contributed by atoms with E-state index in [2.05, 4.69) is 19.2 Å². The maximum Gasteiger partial charge on any atom is 0.251 e. The Morgan fingerprint density at radius 3 is 1.75 bits per heavy atom. The van der Waals surface area contributed by atoms with Crippen LogP contribution in [-0.2, 0) is 4.74 Å². The van der Waals surface area contributed by atoms with E-state index in [1.54, 1.807) is 7.11 Å². The number of hydrogen-bond donors (Lipinski definition) is 1. The van der Waals surface area contributed by atoms with E-state index >= 15 is 0 Å². The first-order valence-electron chi connectivity index (χ1n) is 13.1. The summed E-state index contributed by atoms with van der Waals surface area (Å²) in [6.45, 7) is 6.43. The number of unbranched alkanes of at least 4 members (excludes halogenated alkanes) is 12. The minimum atomic E-state index is -0.0781. The average molecular weight is 448 g/mol. The Morgan fingerprint density at radius 2 is 1.25 bits per heavy atom. The number of benzene rings is 1. The van der Waals surface area contributed by atoms with E-state index in [9.17, 15) is 4.79 Å². The molecule has 1 N–H and O–H groups in total. The minimum absolute atomic E-state index is 0.0781. The first-order valence-corrected chi connectivity index (χ1v) is 13.1. The maximum atomic E-state index is 11.9. The molecule has 0 aliphatic carbocycles. The van der Waals surface area contributed by atoms with E-state index in [1.807, 2.05) is 24.3 Å². The minimum Gasteiger partial charge on any atom is -0.494 e. The second-order valence-electron chi connectivity index (χ2n) is 9.40. The number of carbonyl (C=O) groups is 1. The van der Waals surface area contributed by atoms with Gasteiger partial charge in [-0.15, -0.1) is 0 Å².